The van der Waals surface area contributed by atoms with Crippen molar-refractivity contribution in [1.82, 2.24) is 10.3 Å². The third-order valence-electron chi connectivity index (χ3n) is 3.21. The van der Waals surface area contributed by atoms with Gasteiger partial charge in [-0.05, 0) is 24.1 Å². The highest BCUT2D eigenvalue weighted by atomic mass is 32.1. The van der Waals surface area contributed by atoms with Gasteiger partial charge >= 0.3 is 0 Å². The van der Waals surface area contributed by atoms with Crippen LogP contribution in [0.3, 0.4) is 0 Å². The van der Waals surface area contributed by atoms with Gasteiger partial charge in [-0.2, -0.15) is 0 Å². The van der Waals surface area contributed by atoms with E-state index in [0.717, 1.165) is 29.9 Å². The summed E-state index contributed by atoms with van der Waals surface area (Å²) < 4.78 is 26.7. The molecule has 0 amide bonds. The van der Waals surface area contributed by atoms with Crippen LogP contribution in [-0.4, -0.2) is 11.5 Å². The van der Waals surface area contributed by atoms with E-state index >= 15 is 0 Å². The third kappa shape index (κ3) is 4.08. The van der Waals surface area contributed by atoms with Crippen LogP contribution in [-0.2, 0) is 13.0 Å². The molecule has 1 N–H and O–H groups in total. The van der Waals surface area contributed by atoms with E-state index < -0.39 is 11.6 Å². The lowest BCUT2D eigenvalue weighted by Gasteiger charge is -2.04. The van der Waals surface area contributed by atoms with Crippen molar-refractivity contribution in [2.24, 2.45) is 0 Å². The van der Waals surface area contributed by atoms with Gasteiger partial charge in [0.2, 0.25) is 0 Å². The maximum absolute atomic E-state index is 13.7. The Kier molecular flexibility index (Phi) is 5.42. The second kappa shape index (κ2) is 7.09. The van der Waals surface area contributed by atoms with E-state index in [1.165, 1.54) is 17.0 Å². The van der Waals surface area contributed by atoms with Crippen LogP contribution < -0.4 is 5.32 Å². The van der Waals surface area contributed by atoms with Crippen molar-refractivity contribution in [2.75, 3.05) is 6.54 Å². The SMILES string of the molecule is CCNCc1sc(Cc2ccc(F)cc2F)nc1C(C)C. The Balaban J connectivity index is 2.23. The molecule has 2 rings (SSSR count). The summed E-state index contributed by atoms with van der Waals surface area (Å²) in [6, 6.07) is 3.70. The van der Waals surface area contributed by atoms with Crippen molar-refractivity contribution in [2.45, 2.75) is 39.7 Å². The minimum Gasteiger partial charge on any atom is -0.312 e. The Hall–Kier alpha value is -1.33. The Bertz CT molecular complexity index is 608. The van der Waals surface area contributed by atoms with Crippen LogP contribution in [0.1, 0.15) is 47.8 Å². The molecule has 2 aromatic rings. The van der Waals surface area contributed by atoms with Crippen LogP contribution in [0, 0.1) is 11.6 Å². The summed E-state index contributed by atoms with van der Waals surface area (Å²) in [5.41, 5.74) is 1.55. The van der Waals surface area contributed by atoms with E-state index in [4.69, 9.17) is 0 Å². The zero-order valence-electron chi connectivity index (χ0n) is 12.5. The molecule has 21 heavy (non-hydrogen) atoms. The van der Waals surface area contributed by atoms with Gasteiger partial charge < -0.3 is 5.32 Å². The minimum atomic E-state index is -0.550. The Morgan fingerprint density at radius 3 is 2.67 bits per heavy atom. The molecule has 0 aliphatic heterocycles. The molecule has 0 aliphatic rings. The fraction of sp³-hybridized carbons (Fsp3) is 0.438. The molecule has 1 aromatic carbocycles. The zero-order valence-corrected chi connectivity index (χ0v) is 13.4. The first-order valence-electron chi connectivity index (χ1n) is 7.14. The lowest BCUT2D eigenvalue weighted by atomic mass is 10.1. The molecule has 5 heteroatoms. The zero-order chi connectivity index (χ0) is 15.4. The summed E-state index contributed by atoms with van der Waals surface area (Å²) in [4.78, 5) is 5.84. The minimum absolute atomic E-state index is 0.335. The number of halogens is 2. The molecule has 2 nitrogen and oxygen atoms in total. The molecule has 0 atom stereocenters. The quantitative estimate of drug-likeness (QED) is 0.863. The molecular formula is C16H20F2N2S. The topological polar surface area (TPSA) is 24.9 Å². The lowest BCUT2D eigenvalue weighted by Crippen LogP contribution is -2.12. The second-order valence-corrected chi connectivity index (χ2v) is 6.43. The maximum atomic E-state index is 13.7. The predicted octanol–water partition coefficient (Wildman–Crippen LogP) is 4.25. The first kappa shape index (κ1) is 16.0. The van der Waals surface area contributed by atoms with E-state index in [2.05, 4.69) is 31.1 Å². The van der Waals surface area contributed by atoms with Gasteiger partial charge in [0.1, 0.15) is 11.6 Å². The van der Waals surface area contributed by atoms with Gasteiger partial charge in [-0.1, -0.05) is 26.8 Å². The molecule has 0 spiro atoms. The van der Waals surface area contributed by atoms with Crippen LogP contribution in [0.2, 0.25) is 0 Å². The van der Waals surface area contributed by atoms with E-state index in [1.807, 2.05) is 0 Å². The van der Waals surface area contributed by atoms with Crippen molar-refractivity contribution in [3.8, 4) is 0 Å². The molecule has 0 fully saturated rings. The number of benzene rings is 1. The van der Waals surface area contributed by atoms with E-state index in [-0.39, 0.29) is 0 Å². The van der Waals surface area contributed by atoms with Crippen molar-refractivity contribution < 1.29 is 8.78 Å². The Morgan fingerprint density at radius 1 is 1.29 bits per heavy atom. The molecule has 0 unspecified atom stereocenters. The summed E-state index contributed by atoms with van der Waals surface area (Å²) in [5.74, 6) is -0.725. The molecule has 0 aliphatic carbocycles. The number of aromatic nitrogens is 1. The molecular weight excluding hydrogens is 290 g/mol. The molecule has 0 radical (unpaired) electrons. The van der Waals surface area contributed by atoms with Crippen LogP contribution in [0.15, 0.2) is 18.2 Å². The fourth-order valence-electron chi connectivity index (χ4n) is 2.13. The van der Waals surface area contributed by atoms with Gasteiger partial charge in [0.25, 0.3) is 0 Å². The van der Waals surface area contributed by atoms with Gasteiger partial charge in [-0.25, -0.2) is 13.8 Å². The van der Waals surface area contributed by atoms with Gasteiger partial charge in [0.15, 0.2) is 0 Å². The average Bonchev–Trinajstić information content (AvgIpc) is 2.83. The standard InChI is InChI=1S/C16H20F2N2S/c1-4-19-9-14-16(10(2)3)20-15(21-14)7-11-5-6-12(17)8-13(11)18/h5-6,8,10,19H,4,7,9H2,1-3H3. The molecule has 1 aromatic heterocycles. The van der Waals surface area contributed by atoms with Crippen molar-refractivity contribution in [1.29, 1.82) is 0 Å². The van der Waals surface area contributed by atoms with Crippen LogP contribution >= 0.6 is 11.3 Å². The van der Waals surface area contributed by atoms with Gasteiger partial charge in [0.05, 0.1) is 10.7 Å². The monoisotopic (exact) mass is 310 g/mol. The van der Waals surface area contributed by atoms with E-state index in [0.29, 0.717) is 17.9 Å². The van der Waals surface area contributed by atoms with Gasteiger partial charge in [-0.3, -0.25) is 0 Å². The van der Waals surface area contributed by atoms with Crippen molar-refractivity contribution in [3.63, 3.8) is 0 Å². The molecule has 0 saturated carbocycles. The van der Waals surface area contributed by atoms with Crippen molar-refractivity contribution in [3.05, 3.63) is 51.0 Å². The van der Waals surface area contributed by atoms with Crippen LogP contribution in [0.25, 0.3) is 0 Å². The second-order valence-electron chi connectivity index (χ2n) is 5.26. The fourth-order valence-corrected chi connectivity index (χ4v) is 3.35. The summed E-state index contributed by atoms with van der Waals surface area (Å²) in [5, 5.41) is 4.17. The number of hydrogen-bond acceptors (Lipinski definition) is 3. The van der Waals surface area contributed by atoms with Crippen LogP contribution in [0.5, 0.6) is 0 Å². The maximum Gasteiger partial charge on any atom is 0.129 e. The Labute approximate surface area is 128 Å². The molecule has 0 bridgehead atoms. The summed E-state index contributed by atoms with van der Waals surface area (Å²) in [6.07, 6.45) is 0.405. The van der Waals surface area contributed by atoms with Gasteiger partial charge in [-0.15, -0.1) is 11.3 Å². The first-order chi connectivity index (χ1) is 10.0. The summed E-state index contributed by atoms with van der Waals surface area (Å²) in [7, 11) is 0. The average molecular weight is 310 g/mol. The van der Waals surface area contributed by atoms with Crippen molar-refractivity contribution >= 4 is 11.3 Å². The highest BCUT2D eigenvalue weighted by molar-refractivity contribution is 7.11. The van der Waals surface area contributed by atoms with Gasteiger partial charge in [0, 0.05) is 23.9 Å². The molecule has 114 valence electrons. The lowest BCUT2D eigenvalue weighted by molar-refractivity contribution is 0.574. The number of thiazole rings is 1. The highest BCUT2D eigenvalue weighted by Gasteiger charge is 2.15. The smallest absolute Gasteiger partial charge is 0.129 e. The largest absolute Gasteiger partial charge is 0.312 e. The first-order valence-corrected chi connectivity index (χ1v) is 7.96. The number of rotatable bonds is 6. The number of nitrogens with one attached hydrogen (secondary N) is 1. The van der Waals surface area contributed by atoms with E-state index in [1.54, 1.807) is 11.3 Å². The molecule has 1 heterocycles. The number of hydrogen-bond donors (Lipinski definition) is 1. The summed E-state index contributed by atoms with van der Waals surface area (Å²) >= 11 is 1.60. The summed E-state index contributed by atoms with van der Waals surface area (Å²) in [6.45, 7) is 7.95. The Morgan fingerprint density at radius 2 is 2.05 bits per heavy atom. The third-order valence-corrected chi connectivity index (χ3v) is 4.28. The van der Waals surface area contributed by atoms with E-state index in [9.17, 15) is 8.78 Å². The highest BCUT2D eigenvalue weighted by Crippen LogP contribution is 2.27. The normalized spacial score (nSPS) is 11.3. The number of nitrogens with zero attached hydrogens (tertiary/aromatic N) is 1. The molecule has 0 saturated heterocycles. The predicted molar refractivity (Wildman–Crippen MR) is 82.7 cm³/mol. The van der Waals surface area contributed by atoms with Crippen LogP contribution in [0.4, 0.5) is 8.78 Å².